The summed E-state index contributed by atoms with van der Waals surface area (Å²) in [5.41, 5.74) is 7.32. The Morgan fingerprint density at radius 1 is 1.65 bits per heavy atom. The van der Waals surface area contributed by atoms with Gasteiger partial charge < -0.3 is 16.0 Å². The van der Waals surface area contributed by atoms with E-state index in [1.807, 2.05) is 6.92 Å². The molecular formula is C11H15BrN4O. The summed E-state index contributed by atoms with van der Waals surface area (Å²) in [7, 11) is 1.81. The quantitative estimate of drug-likeness (QED) is 0.865. The van der Waals surface area contributed by atoms with Crippen LogP contribution in [0.1, 0.15) is 12.0 Å². The highest BCUT2D eigenvalue weighted by Crippen LogP contribution is 2.29. The molecule has 0 radical (unpaired) electrons. The summed E-state index contributed by atoms with van der Waals surface area (Å²) in [5.74, 6) is 0.776. The van der Waals surface area contributed by atoms with E-state index in [9.17, 15) is 4.79 Å². The van der Waals surface area contributed by atoms with Crippen molar-refractivity contribution in [2.24, 2.45) is 0 Å². The molecule has 3 N–H and O–H groups in total. The molecule has 1 fully saturated rings. The van der Waals surface area contributed by atoms with Crippen LogP contribution in [0.15, 0.2) is 10.7 Å². The van der Waals surface area contributed by atoms with Crippen molar-refractivity contribution in [3.05, 3.63) is 16.2 Å². The first-order chi connectivity index (χ1) is 8.00. The zero-order valence-corrected chi connectivity index (χ0v) is 11.4. The molecule has 0 spiro atoms. The number of nitrogens with two attached hydrogens (primary N) is 1. The van der Waals surface area contributed by atoms with Crippen LogP contribution >= 0.6 is 15.9 Å². The molecule has 2 rings (SSSR count). The van der Waals surface area contributed by atoms with E-state index in [0.717, 1.165) is 23.0 Å². The molecule has 0 aromatic carbocycles. The first-order valence-electron chi connectivity index (χ1n) is 5.42. The van der Waals surface area contributed by atoms with Crippen molar-refractivity contribution in [1.82, 2.24) is 9.88 Å². The summed E-state index contributed by atoms with van der Waals surface area (Å²) in [6.07, 6.45) is 2.40. The minimum absolute atomic E-state index is 0.105. The number of amides is 1. The zero-order chi connectivity index (χ0) is 12.6. The molecule has 0 bridgehead atoms. The monoisotopic (exact) mass is 298 g/mol. The van der Waals surface area contributed by atoms with Crippen LogP contribution < -0.4 is 11.1 Å². The van der Waals surface area contributed by atoms with Gasteiger partial charge >= 0.3 is 0 Å². The highest BCUT2D eigenvalue weighted by atomic mass is 79.9. The molecule has 92 valence electrons. The second-order valence-electron chi connectivity index (χ2n) is 4.25. The number of carbonyl (C=O) groups excluding carboxylic acids is 1. The molecule has 5 nitrogen and oxygen atoms in total. The van der Waals surface area contributed by atoms with Gasteiger partial charge in [0.2, 0.25) is 5.91 Å². The summed E-state index contributed by atoms with van der Waals surface area (Å²) < 4.78 is 0.819. The Bertz CT molecular complexity index is 463. The van der Waals surface area contributed by atoms with Gasteiger partial charge in [0.25, 0.3) is 0 Å². The maximum Gasteiger partial charge on any atom is 0.244 e. The van der Waals surface area contributed by atoms with E-state index in [-0.39, 0.29) is 11.9 Å². The summed E-state index contributed by atoms with van der Waals surface area (Å²) in [4.78, 5) is 17.7. The molecule has 1 unspecified atom stereocenters. The Morgan fingerprint density at radius 3 is 2.94 bits per heavy atom. The molecular weight excluding hydrogens is 284 g/mol. The first-order valence-corrected chi connectivity index (χ1v) is 6.22. The Labute approximate surface area is 109 Å². The molecule has 1 atom stereocenters. The fourth-order valence-electron chi connectivity index (χ4n) is 1.81. The fourth-order valence-corrected chi connectivity index (χ4v) is 2.26. The molecule has 6 heteroatoms. The highest BCUT2D eigenvalue weighted by Gasteiger charge is 2.29. The van der Waals surface area contributed by atoms with E-state index in [4.69, 9.17) is 5.73 Å². The van der Waals surface area contributed by atoms with Gasteiger partial charge in [-0.1, -0.05) is 0 Å². The number of halogens is 1. The van der Waals surface area contributed by atoms with Crippen molar-refractivity contribution < 1.29 is 4.79 Å². The topological polar surface area (TPSA) is 71.2 Å². The number of likely N-dealkylation sites (N-methyl/N-ethyl adjacent to an activating group) is 1. The molecule has 1 aromatic heterocycles. The maximum atomic E-state index is 11.8. The predicted molar refractivity (Wildman–Crippen MR) is 70.8 cm³/mol. The molecule has 1 amide bonds. The summed E-state index contributed by atoms with van der Waals surface area (Å²) in [5, 5.41) is 3.15. The number of nitrogens with zero attached hydrogens (tertiary/aromatic N) is 2. The largest absolute Gasteiger partial charge is 0.397 e. The van der Waals surface area contributed by atoms with Gasteiger partial charge in [-0.05, 0) is 34.8 Å². The van der Waals surface area contributed by atoms with E-state index in [2.05, 4.69) is 26.2 Å². The van der Waals surface area contributed by atoms with Crippen molar-refractivity contribution in [3.8, 4) is 0 Å². The number of aromatic nitrogens is 1. The average Bonchev–Trinajstić information content (AvgIpc) is 2.62. The summed E-state index contributed by atoms with van der Waals surface area (Å²) in [6, 6.07) is -0.188. The molecule has 17 heavy (non-hydrogen) atoms. The van der Waals surface area contributed by atoms with Gasteiger partial charge in [-0.3, -0.25) is 4.79 Å². The molecule has 2 heterocycles. The van der Waals surface area contributed by atoms with Crippen molar-refractivity contribution in [3.63, 3.8) is 0 Å². The van der Waals surface area contributed by atoms with Crippen LogP contribution in [-0.4, -0.2) is 35.4 Å². The van der Waals surface area contributed by atoms with E-state index < -0.39 is 0 Å². The van der Waals surface area contributed by atoms with Crippen molar-refractivity contribution in [1.29, 1.82) is 0 Å². The van der Waals surface area contributed by atoms with E-state index in [0.29, 0.717) is 11.5 Å². The van der Waals surface area contributed by atoms with E-state index in [1.165, 1.54) is 0 Å². The Hall–Kier alpha value is -1.30. The van der Waals surface area contributed by atoms with Crippen LogP contribution in [0.2, 0.25) is 0 Å². The second-order valence-corrected chi connectivity index (χ2v) is 5.04. The standard InChI is InChI=1S/C11H15BrN4O/c1-6-7(13)5-14-10(9(6)12)15-8-3-4-16(2)11(8)17/h5,8H,3-4,13H2,1-2H3,(H,14,15). The van der Waals surface area contributed by atoms with Crippen molar-refractivity contribution in [2.75, 3.05) is 24.6 Å². The number of pyridine rings is 1. The lowest BCUT2D eigenvalue weighted by atomic mass is 10.2. The summed E-state index contributed by atoms with van der Waals surface area (Å²) >= 11 is 3.44. The van der Waals surface area contributed by atoms with Gasteiger partial charge in [0, 0.05) is 13.6 Å². The number of likely N-dealkylation sites (tertiary alicyclic amines) is 1. The van der Waals surface area contributed by atoms with E-state index >= 15 is 0 Å². The third-order valence-corrected chi connectivity index (χ3v) is 4.01. The van der Waals surface area contributed by atoms with Crippen LogP contribution in [0.3, 0.4) is 0 Å². The zero-order valence-electron chi connectivity index (χ0n) is 9.83. The third kappa shape index (κ3) is 2.22. The fraction of sp³-hybridized carbons (Fsp3) is 0.455. The van der Waals surface area contributed by atoms with Crippen LogP contribution in [0, 0.1) is 6.92 Å². The number of nitrogens with one attached hydrogen (secondary N) is 1. The van der Waals surface area contributed by atoms with E-state index in [1.54, 1.807) is 18.1 Å². The van der Waals surface area contributed by atoms with Crippen LogP contribution in [-0.2, 0) is 4.79 Å². The minimum Gasteiger partial charge on any atom is -0.397 e. The third-order valence-electron chi connectivity index (χ3n) is 3.04. The van der Waals surface area contributed by atoms with Crippen molar-refractivity contribution >= 4 is 33.3 Å². The van der Waals surface area contributed by atoms with Crippen LogP contribution in [0.25, 0.3) is 0 Å². The number of hydrogen-bond donors (Lipinski definition) is 2. The lowest BCUT2D eigenvalue weighted by Gasteiger charge is -2.15. The SMILES string of the molecule is Cc1c(N)cnc(NC2CCN(C)C2=O)c1Br. The van der Waals surface area contributed by atoms with Gasteiger partial charge in [0.15, 0.2) is 0 Å². The lowest BCUT2D eigenvalue weighted by molar-refractivity contribution is -0.127. The molecule has 1 aliphatic heterocycles. The van der Waals surface area contributed by atoms with Crippen LogP contribution in [0.5, 0.6) is 0 Å². The highest BCUT2D eigenvalue weighted by molar-refractivity contribution is 9.10. The number of nitrogen functional groups attached to an aromatic ring is 1. The number of anilines is 2. The maximum absolute atomic E-state index is 11.8. The molecule has 1 aromatic rings. The smallest absolute Gasteiger partial charge is 0.244 e. The summed E-state index contributed by atoms with van der Waals surface area (Å²) in [6.45, 7) is 2.69. The predicted octanol–water partition coefficient (Wildman–Crippen LogP) is 1.38. The van der Waals surface area contributed by atoms with Gasteiger partial charge in [0.1, 0.15) is 11.9 Å². The number of rotatable bonds is 2. The Kier molecular flexibility index (Phi) is 3.24. The Morgan fingerprint density at radius 2 is 2.35 bits per heavy atom. The number of carbonyl (C=O) groups is 1. The molecule has 1 aliphatic rings. The second kappa shape index (κ2) is 4.52. The van der Waals surface area contributed by atoms with Gasteiger partial charge in [-0.2, -0.15) is 0 Å². The minimum atomic E-state index is -0.188. The first kappa shape index (κ1) is 12.2. The number of hydrogen-bond acceptors (Lipinski definition) is 4. The van der Waals surface area contributed by atoms with Crippen LogP contribution in [0.4, 0.5) is 11.5 Å². The van der Waals surface area contributed by atoms with Gasteiger partial charge in [0.05, 0.1) is 16.4 Å². The average molecular weight is 299 g/mol. The molecule has 1 saturated heterocycles. The van der Waals surface area contributed by atoms with Crippen molar-refractivity contribution in [2.45, 2.75) is 19.4 Å². The molecule has 0 saturated carbocycles. The van der Waals surface area contributed by atoms with Gasteiger partial charge in [-0.25, -0.2) is 4.98 Å². The molecule has 0 aliphatic carbocycles. The van der Waals surface area contributed by atoms with Gasteiger partial charge in [-0.15, -0.1) is 0 Å². The normalized spacial score (nSPS) is 19.8. The Balaban J connectivity index is 2.20. The lowest BCUT2D eigenvalue weighted by Crippen LogP contribution is -2.31.